The van der Waals surface area contributed by atoms with E-state index in [1.54, 1.807) is 0 Å². The fraction of sp³-hybridized carbons (Fsp3) is 0.133. The van der Waals surface area contributed by atoms with E-state index in [9.17, 15) is 0 Å². The van der Waals surface area contributed by atoms with Gasteiger partial charge in [0, 0.05) is 5.56 Å². The molecule has 0 bridgehead atoms. The Morgan fingerprint density at radius 2 is 1.82 bits per heavy atom. The van der Waals surface area contributed by atoms with Crippen molar-refractivity contribution in [2.75, 3.05) is 0 Å². The first-order chi connectivity index (χ1) is 8.08. The third kappa shape index (κ3) is 2.36. The summed E-state index contributed by atoms with van der Waals surface area (Å²) in [5, 5.41) is 7.46. The molecule has 0 aliphatic rings. The molecule has 0 unspecified atom stereocenters. The summed E-state index contributed by atoms with van der Waals surface area (Å²) < 4.78 is 0. The Balaban J connectivity index is 2.53. The summed E-state index contributed by atoms with van der Waals surface area (Å²) in [6.07, 6.45) is 0. The van der Waals surface area contributed by atoms with E-state index in [0.717, 1.165) is 11.1 Å². The van der Waals surface area contributed by atoms with Crippen molar-refractivity contribution in [2.24, 2.45) is 5.73 Å². The van der Waals surface area contributed by atoms with Gasteiger partial charge in [-0.25, -0.2) is 0 Å². The molecule has 0 amide bonds. The highest BCUT2D eigenvalue weighted by Gasteiger charge is 2.04. The van der Waals surface area contributed by atoms with Gasteiger partial charge in [0.1, 0.15) is 5.84 Å². The van der Waals surface area contributed by atoms with Gasteiger partial charge < -0.3 is 5.73 Å². The van der Waals surface area contributed by atoms with Crippen LogP contribution in [0.3, 0.4) is 0 Å². The Morgan fingerprint density at radius 1 is 1.06 bits per heavy atom. The molecule has 3 N–H and O–H groups in total. The number of amidine groups is 1. The second-order valence-electron chi connectivity index (χ2n) is 4.31. The molecule has 0 radical (unpaired) electrons. The van der Waals surface area contributed by atoms with Crippen LogP contribution in [0.4, 0.5) is 0 Å². The van der Waals surface area contributed by atoms with Crippen LogP contribution in [-0.4, -0.2) is 5.84 Å². The van der Waals surface area contributed by atoms with E-state index in [-0.39, 0.29) is 5.84 Å². The van der Waals surface area contributed by atoms with Crippen molar-refractivity contribution in [1.82, 2.24) is 0 Å². The number of nitrogen functional groups attached to an aromatic ring is 1. The first-order valence-electron chi connectivity index (χ1n) is 5.60. The first-order valence-corrected chi connectivity index (χ1v) is 5.60. The van der Waals surface area contributed by atoms with Gasteiger partial charge in [-0.05, 0) is 36.6 Å². The molecular weight excluding hydrogens is 208 g/mol. The average molecular weight is 224 g/mol. The standard InChI is InChI=1S/C15H16N2/c1-10-6-7-14(11(2)8-10)12-4-3-5-13(9-12)15(16)17/h3-9H,1-2H3,(H3,16,17). The molecule has 2 nitrogen and oxygen atoms in total. The monoisotopic (exact) mass is 224 g/mol. The van der Waals surface area contributed by atoms with E-state index < -0.39 is 0 Å². The minimum atomic E-state index is 0.108. The quantitative estimate of drug-likeness (QED) is 0.597. The van der Waals surface area contributed by atoms with Crippen LogP contribution in [0.1, 0.15) is 16.7 Å². The summed E-state index contributed by atoms with van der Waals surface area (Å²) in [6.45, 7) is 4.19. The summed E-state index contributed by atoms with van der Waals surface area (Å²) in [4.78, 5) is 0. The number of nitrogens with two attached hydrogens (primary N) is 1. The number of hydrogen-bond acceptors (Lipinski definition) is 1. The Kier molecular flexibility index (Phi) is 2.96. The van der Waals surface area contributed by atoms with Crippen molar-refractivity contribution < 1.29 is 0 Å². The van der Waals surface area contributed by atoms with Crippen LogP contribution in [0.2, 0.25) is 0 Å². The summed E-state index contributed by atoms with van der Waals surface area (Å²) in [5.74, 6) is 0.108. The highest BCUT2D eigenvalue weighted by atomic mass is 14.7. The maximum atomic E-state index is 7.46. The van der Waals surface area contributed by atoms with Crippen molar-refractivity contribution in [3.8, 4) is 11.1 Å². The van der Waals surface area contributed by atoms with Gasteiger partial charge in [-0.3, -0.25) is 5.41 Å². The Morgan fingerprint density at radius 3 is 2.47 bits per heavy atom. The normalized spacial score (nSPS) is 10.2. The summed E-state index contributed by atoms with van der Waals surface area (Å²) >= 11 is 0. The lowest BCUT2D eigenvalue weighted by molar-refractivity contribution is 1.37. The lowest BCUT2D eigenvalue weighted by Crippen LogP contribution is -2.10. The summed E-state index contributed by atoms with van der Waals surface area (Å²) in [7, 11) is 0. The third-order valence-electron chi connectivity index (χ3n) is 2.87. The Bertz CT molecular complexity index is 571. The third-order valence-corrected chi connectivity index (χ3v) is 2.87. The van der Waals surface area contributed by atoms with Crippen LogP contribution in [0.15, 0.2) is 42.5 Å². The smallest absolute Gasteiger partial charge is 0.122 e. The maximum Gasteiger partial charge on any atom is 0.122 e. The molecule has 0 saturated heterocycles. The van der Waals surface area contributed by atoms with Crippen LogP contribution in [-0.2, 0) is 0 Å². The fourth-order valence-electron chi connectivity index (χ4n) is 1.99. The molecule has 0 aromatic heterocycles. The van der Waals surface area contributed by atoms with Crippen molar-refractivity contribution in [3.63, 3.8) is 0 Å². The first kappa shape index (κ1) is 11.4. The number of hydrogen-bond donors (Lipinski definition) is 2. The molecule has 0 aliphatic heterocycles. The molecule has 2 heteroatoms. The lowest BCUT2D eigenvalue weighted by Gasteiger charge is -2.08. The van der Waals surface area contributed by atoms with E-state index in [1.165, 1.54) is 16.7 Å². The van der Waals surface area contributed by atoms with Crippen molar-refractivity contribution in [1.29, 1.82) is 5.41 Å². The minimum absolute atomic E-state index is 0.108. The van der Waals surface area contributed by atoms with Gasteiger partial charge in [0.15, 0.2) is 0 Å². The largest absolute Gasteiger partial charge is 0.384 e. The van der Waals surface area contributed by atoms with Crippen LogP contribution >= 0.6 is 0 Å². The molecule has 0 fully saturated rings. The predicted molar refractivity (Wildman–Crippen MR) is 72.4 cm³/mol. The molecular formula is C15H16N2. The molecule has 0 spiro atoms. The zero-order valence-electron chi connectivity index (χ0n) is 10.1. The number of rotatable bonds is 2. The molecule has 86 valence electrons. The SMILES string of the molecule is Cc1ccc(-c2cccc(C(=N)N)c2)c(C)c1. The van der Waals surface area contributed by atoms with E-state index in [2.05, 4.69) is 32.0 Å². The van der Waals surface area contributed by atoms with E-state index in [1.807, 2.05) is 24.3 Å². The summed E-state index contributed by atoms with van der Waals surface area (Å²) in [5.41, 5.74) is 11.1. The second kappa shape index (κ2) is 4.42. The van der Waals surface area contributed by atoms with Crippen molar-refractivity contribution in [3.05, 3.63) is 59.2 Å². The molecule has 2 aromatic carbocycles. The second-order valence-corrected chi connectivity index (χ2v) is 4.31. The highest BCUT2D eigenvalue weighted by Crippen LogP contribution is 2.24. The Labute approximate surface area is 102 Å². The summed E-state index contributed by atoms with van der Waals surface area (Å²) in [6, 6.07) is 14.2. The van der Waals surface area contributed by atoms with Gasteiger partial charge in [0.25, 0.3) is 0 Å². The van der Waals surface area contributed by atoms with Gasteiger partial charge in [-0.2, -0.15) is 0 Å². The fourth-order valence-corrected chi connectivity index (χ4v) is 1.99. The van der Waals surface area contributed by atoms with Crippen LogP contribution < -0.4 is 5.73 Å². The highest BCUT2D eigenvalue weighted by molar-refractivity contribution is 5.96. The van der Waals surface area contributed by atoms with Gasteiger partial charge in [0.2, 0.25) is 0 Å². The van der Waals surface area contributed by atoms with Gasteiger partial charge in [-0.15, -0.1) is 0 Å². The molecule has 2 rings (SSSR count). The van der Waals surface area contributed by atoms with Gasteiger partial charge in [0.05, 0.1) is 0 Å². The zero-order valence-corrected chi connectivity index (χ0v) is 10.1. The lowest BCUT2D eigenvalue weighted by atomic mass is 9.97. The number of nitrogens with one attached hydrogen (secondary N) is 1. The number of benzene rings is 2. The van der Waals surface area contributed by atoms with Gasteiger partial charge >= 0.3 is 0 Å². The maximum absolute atomic E-state index is 7.46. The molecule has 0 heterocycles. The Hall–Kier alpha value is -2.09. The molecule has 17 heavy (non-hydrogen) atoms. The van der Waals surface area contributed by atoms with Gasteiger partial charge in [-0.1, -0.05) is 42.0 Å². The van der Waals surface area contributed by atoms with Crippen molar-refractivity contribution in [2.45, 2.75) is 13.8 Å². The minimum Gasteiger partial charge on any atom is -0.384 e. The van der Waals surface area contributed by atoms with Crippen LogP contribution in [0, 0.1) is 19.3 Å². The topological polar surface area (TPSA) is 49.9 Å². The van der Waals surface area contributed by atoms with E-state index in [4.69, 9.17) is 11.1 Å². The van der Waals surface area contributed by atoms with Crippen molar-refractivity contribution >= 4 is 5.84 Å². The predicted octanol–water partition coefficient (Wildman–Crippen LogP) is 3.25. The van der Waals surface area contributed by atoms with Crippen LogP contribution in [0.5, 0.6) is 0 Å². The average Bonchev–Trinajstić information content (AvgIpc) is 2.29. The molecule has 0 aliphatic carbocycles. The van der Waals surface area contributed by atoms with E-state index in [0.29, 0.717) is 0 Å². The number of aryl methyl sites for hydroxylation is 2. The molecule has 0 atom stereocenters. The molecule has 2 aromatic rings. The van der Waals surface area contributed by atoms with E-state index >= 15 is 0 Å². The molecule has 0 saturated carbocycles. The zero-order chi connectivity index (χ0) is 12.4. The van der Waals surface area contributed by atoms with Crippen LogP contribution in [0.25, 0.3) is 11.1 Å².